The van der Waals surface area contributed by atoms with Crippen LogP contribution >= 0.6 is 48.8 Å². The van der Waals surface area contributed by atoms with Crippen molar-refractivity contribution in [1.82, 2.24) is 9.80 Å². The summed E-state index contributed by atoms with van der Waals surface area (Å²) in [6.07, 6.45) is 7.23. The number of nitrogens with two attached hydrogens (primary N) is 1. The van der Waals surface area contributed by atoms with E-state index in [1.807, 2.05) is 24.3 Å². The van der Waals surface area contributed by atoms with Gasteiger partial charge in [0.05, 0.1) is 0 Å². The summed E-state index contributed by atoms with van der Waals surface area (Å²) < 4.78 is 0. The maximum Gasteiger partial charge on any atom is 0.162 e. The number of halogens is 4. The maximum absolute atomic E-state index is 13.0. The fraction of sp³-hybridized carbons (Fsp3) is 0.424. The number of fused-ring (bicyclic) bond motifs is 1. The number of carbonyl (C=O) groups excluding carboxylic acids is 1. The number of likely N-dealkylation sites (tertiary alicyclic amines) is 1. The van der Waals surface area contributed by atoms with Gasteiger partial charge in [-0.05, 0) is 104 Å². The van der Waals surface area contributed by atoms with Gasteiger partial charge in [0.15, 0.2) is 5.78 Å². The number of piperidine rings is 1. The number of hydrogen-bond acceptors (Lipinski definition) is 4. The summed E-state index contributed by atoms with van der Waals surface area (Å²) in [5.74, 6) is 1.02. The summed E-state index contributed by atoms with van der Waals surface area (Å²) in [5, 5.41) is 0.862. The number of rotatable bonds is 9. The van der Waals surface area contributed by atoms with E-state index in [1.54, 1.807) is 0 Å². The Morgan fingerprint density at radius 1 is 0.805 bits per heavy atom. The van der Waals surface area contributed by atoms with Crippen LogP contribution in [0.1, 0.15) is 64.7 Å². The molecule has 0 radical (unpaired) electrons. The molecule has 3 aromatic rings. The quantitative estimate of drug-likeness (QED) is 0.190. The lowest BCUT2D eigenvalue weighted by atomic mass is 9.90. The fourth-order valence-electron chi connectivity index (χ4n) is 6.05. The molecule has 0 amide bonds. The molecular formula is C33H43Cl4N3O. The smallest absolute Gasteiger partial charge is 0.162 e. The highest BCUT2D eigenvalue weighted by atomic mass is 35.5. The zero-order valence-corrected chi connectivity index (χ0v) is 26.8. The predicted octanol–water partition coefficient (Wildman–Crippen LogP) is 8.05. The van der Waals surface area contributed by atoms with E-state index in [-0.39, 0.29) is 37.2 Å². The number of ketones is 1. The third kappa shape index (κ3) is 10.2. The molecule has 2 N–H and O–H groups in total. The summed E-state index contributed by atoms with van der Waals surface area (Å²) in [4.78, 5) is 18.0. The maximum atomic E-state index is 13.0. The van der Waals surface area contributed by atoms with Crippen LogP contribution in [-0.4, -0.2) is 41.8 Å². The minimum Gasteiger partial charge on any atom is -0.399 e. The van der Waals surface area contributed by atoms with E-state index in [0.717, 1.165) is 87.1 Å². The van der Waals surface area contributed by atoms with Crippen molar-refractivity contribution in [3.05, 3.63) is 99.6 Å². The van der Waals surface area contributed by atoms with Gasteiger partial charge < -0.3 is 5.73 Å². The average Bonchev–Trinajstić information content (AvgIpc) is 3.13. The summed E-state index contributed by atoms with van der Waals surface area (Å²) in [5.41, 5.74) is 12.9. The van der Waals surface area contributed by atoms with E-state index in [0.29, 0.717) is 12.2 Å². The molecule has 0 aromatic heterocycles. The van der Waals surface area contributed by atoms with E-state index in [2.05, 4.69) is 52.3 Å². The third-order valence-corrected chi connectivity index (χ3v) is 8.72. The Labute approximate surface area is 269 Å². The largest absolute Gasteiger partial charge is 0.399 e. The summed E-state index contributed by atoms with van der Waals surface area (Å²) in [6, 6.07) is 22.8. The van der Waals surface area contributed by atoms with Crippen LogP contribution in [-0.2, 0) is 25.9 Å². The van der Waals surface area contributed by atoms with E-state index < -0.39 is 0 Å². The van der Waals surface area contributed by atoms with Crippen LogP contribution in [0.5, 0.6) is 0 Å². The van der Waals surface area contributed by atoms with Crippen LogP contribution in [0.3, 0.4) is 0 Å². The van der Waals surface area contributed by atoms with E-state index in [4.69, 9.17) is 17.3 Å². The molecule has 0 spiro atoms. The van der Waals surface area contributed by atoms with Crippen molar-refractivity contribution >= 4 is 60.3 Å². The standard InChI is InChI=1S/C33H40ClN3O.3ClH/c34-32-9-2-1-7-30(32)24-37-17-13-25(14-18-37)5-4-10-33(38)29-12-11-27-15-19-36(20-16-28(27)22-29)23-26-6-3-8-31(35)21-26;;;/h1-3,6-9,11-12,21-22,25H,4-5,10,13-20,23-24,35H2;3*1H. The first kappa shape index (κ1) is 35.4. The van der Waals surface area contributed by atoms with Crippen LogP contribution in [0.25, 0.3) is 0 Å². The molecule has 3 aromatic carbocycles. The van der Waals surface area contributed by atoms with Gasteiger partial charge in [-0.1, -0.05) is 54.1 Å². The molecule has 0 atom stereocenters. The minimum atomic E-state index is 0. The van der Waals surface area contributed by atoms with Gasteiger partial charge in [0.2, 0.25) is 0 Å². The third-order valence-electron chi connectivity index (χ3n) is 8.36. The summed E-state index contributed by atoms with van der Waals surface area (Å²) in [7, 11) is 0. The van der Waals surface area contributed by atoms with Gasteiger partial charge in [0, 0.05) is 48.9 Å². The molecule has 2 heterocycles. The zero-order valence-electron chi connectivity index (χ0n) is 23.6. The SMILES string of the molecule is Cl.Cl.Cl.Nc1cccc(CN2CCc3ccc(C(=O)CCCC4CCN(Cc5ccccc5Cl)CC4)cc3CC2)c1. The van der Waals surface area contributed by atoms with Crippen molar-refractivity contribution < 1.29 is 4.79 Å². The molecule has 2 aliphatic rings. The number of Topliss-reactive ketones (excluding diaryl/α,β-unsaturated/α-hetero) is 1. The second-order valence-corrected chi connectivity index (χ2v) is 11.5. The van der Waals surface area contributed by atoms with Crippen molar-refractivity contribution in [2.24, 2.45) is 5.92 Å². The van der Waals surface area contributed by atoms with Crippen LogP contribution in [0, 0.1) is 5.92 Å². The number of nitrogens with zero attached hydrogens (tertiary/aromatic N) is 2. The molecule has 2 aliphatic heterocycles. The van der Waals surface area contributed by atoms with Gasteiger partial charge >= 0.3 is 0 Å². The molecule has 1 saturated heterocycles. The highest BCUT2D eigenvalue weighted by Crippen LogP contribution is 2.26. The van der Waals surface area contributed by atoms with Gasteiger partial charge in [-0.2, -0.15) is 0 Å². The average molecular weight is 640 g/mol. The highest BCUT2D eigenvalue weighted by Gasteiger charge is 2.21. The van der Waals surface area contributed by atoms with Gasteiger partial charge in [0.1, 0.15) is 0 Å². The summed E-state index contributed by atoms with van der Waals surface area (Å²) >= 11 is 6.34. The molecule has 0 aliphatic carbocycles. The Morgan fingerprint density at radius 2 is 1.51 bits per heavy atom. The molecule has 8 heteroatoms. The fourth-order valence-corrected chi connectivity index (χ4v) is 6.24. The molecule has 224 valence electrons. The number of nitrogen functional groups attached to an aromatic ring is 1. The van der Waals surface area contributed by atoms with Crippen molar-refractivity contribution in [1.29, 1.82) is 0 Å². The van der Waals surface area contributed by atoms with Gasteiger partial charge in [-0.25, -0.2) is 0 Å². The molecule has 0 unspecified atom stereocenters. The molecule has 5 rings (SSSR count). The Kier molecular flexibility index (Phi) is 15.0. The van der Waals surface area contributed by atoms with Gasteiger partial charge in [0.25, 0.3) is 0 Å². The van der Waals surface area contributed by atoms with Crippen LogP contribution < -0.4 is 5.73 Å². The van der Waals surface area contributed by atoms with Crippen LogP contribution in [0.15, 0.2) is 66.7 Å². The summed E-state index contributed by atoms with van der Waals surface area (Å²) in [6.45, 7) is 6.12. The minimum absolute atomic E-state index is 0. The Hall–Kier alpha value is -1.79. The monoisotopic (exact) mass is 637 g/mol. The Balaban J connectivity index is 0.00000196. The van der Waals surface area contributed by atoms with E-state index in [9.17, 15) is 4.79 Å². The van der Waals surface area contributed by atoms with Gasteiger partial charge in [-0.15, -0.1) is 37.2 Å². The first-order valence-corrected chi connectivity index (χ1v) is 14.6. The second kappa shape index (κ2) is 17.4. The van der Waals surface area contributed by atoms with E-state index >= 15 is 0 Å². The molecule has 4 nitrogen and oxygen atoms in total. The normalized spacial score (nSPS) is 15.9. The number of benzene rings is 3. The lowest BCUT2D eigenvalue weighted by molar-refractivity contribution is 0.0974. The lowest BCUT2D eigenvalue weighted by Crippen LogP contribution is -2.33. The second-order valence-electron chi connectivity index (χ2n) is 11.1. The molecule has 41 heavy (non-hydrogen) atoms. The van der Waals surface area contributed by atoms with Crippen molar-refractivity contribution in [3.63, 3.8) is 0 Å². The molecule has 0 saturated carbocycles. The van der Waals surface area contributed by atoms with Crippen molar-refractivity contribution in [3.8, 4) is 0 Å². The number of anilines is 1. The Morgan fingerprint density at radius 3 is 2.24 bits per heavy atom. The Bertz CT molecular complexity index is 1250. The van der Waals surface area contributed by atoms with E-state index in [1.165, 1.54) is 35.1 Å². The molecular weight excluding hydrogens is 596 g/mol. The lowest BCUT2D eigenvalue weighted by Gasteiger charge is -2.32. The van der Waals surface area contributed by atoms with Crippen LogP contribution in [0.2, 0.25) is 5.02 Å². The predicted molar refractivity (Wildman–Crippen MR) is 179 cm³/mol. The highest BCUT2D eigenvalue weighted by molar-refractivity contribution is 6.31. The first-order chi connectivity index (χ1) is 18.5. The zero-order chi connectivity index (χ0) is 26.3. The van der Waals surface area contributed by atoms with Crippen molar-refractivity contribution in [2.75, 3.05) is 31.9 Å². The van der Waals surface area contributed by atoms with Crippen LogP contribution in [0.4, 0.5) is 5.69 Å². The molecule has 0 bridgehead atoms. The van der Waals surface area contributed by atoms with Gasteiger partial charge in [-0.3, -0.25) is 14.6 Å². The topological polar surface area (TPSA) is 49.6 Å². The first-order valence-electron chi connectivity index (χ1n) is 14.2. The van der Waals surface area contributed by atoms with Crippen molar-refractivity contribution in [2.45, 2.75) is 58.0 Å². The number of hydrogen-bond donors (Lipinski definition) is 1. The number of carbonyl (C=O) groups is 1. The molecule has 1 fully saturated rings.